The molecule has 2 aliphatic carbocycles. The first-order valence-corrected chi connectivity index (χ1v) is 11.6. The van der Waals surface area contributed by atoms with Crippen molar-refractivity contribution < 1.29 is 19.8 Å². The van der Waals surface area contributed by atoms with Crippen molar-refractivity contribution in [2.75, 3.05) is 5.73 Å². The van der Waals surface area contributed by atoms with Gasteiger partial charge in [-0.1, -0.05) is 37.1 Å². The smallest absolute Gasteiger partial charge is 0.321 e. The number of carboxylic acids is 2. The van der Waals surface area contributed by atoms with Crippen molar-refractivity contribution in [3.8, 4) is 0 Å². The van der Waals surface area contributed by atoms with Crippen LogP contribution in [0.3, 0.4) is 0 Å². The molecule has 3 atom stereocenters. The van der Waals surface area contributed by atoms with Crippen LogP contribution in [0.2, 0.25) is 5.02 Å². The molecule has 0 radical (unpaired) electrons. The van der Waals surface area contributed by atoms with Crippen LogP contribution in [0.1, 0.15) is 63.1 Å². The molecule has 0 fully saturated rings. The van der Waals surface area contributed by atoms with E-state index in [0.717, 1.165) is 52.7 Å². The molecule has 0 amide bonds. The first kappa shape index (κ1) is 22.6. The number of nitrogens with two attached hydrogens (primary N) is 1. The van der Waals surface area contributed by atoms with Gasteiger partial charge in [0.1, 0.15) is 0 Å². The number of carbonyl (C=O) groups is 2. The second-order valence-corrected chi connectivity index (χ2v) is 9.68. The summed E-state index contributed by atoms with van der Waals surface area (Å²) in [6.07, 6.45) is 5.62. The number of carboxylic acid groups (broad SMARTS) is 2. The van der Waals surface area contributed by atoms with Crippen LogP contribution in [-0.4, -0.2) is 27.1 Å². The van der Waals surface area contributed by atoms with Gasteiger partial charge in [-0.2, -0.15) is 0 Å². The standard InChI is InChI=1S/C25H29ClN2O4/c1-3-14(12-25(4-2,23(29)30)24(31)32)15-7-13-8-16(10-15)21-20(9-13)28-19-11-17(26)5-6-18(19)22(21)27/h5-7,11,13-14,16H,3-4,8-10,12H2,1-2H3,(H2,27,28)(H,29,30)(H,31,32). The minimum absolute atomic E-state index is 0.0581. The van der Waals surface area contributed by atoms with Gasteiger partial charge in [-0.05, 0) is 74.5 Å². The van der Waals surface area contributed by atoms with Gasteiger partial charge >= 0.3 is 11.9 Å². The van der Waals surface area contributed by atoms with Crippen molar-refractivity contribution in [2.45, 2.75) is 58.3 Å². The maximum Gasteiger partial charge on any atom is 0.321 e. The van der Waals surface area contributed by atoms with Crippen molar-refractivity contribution in [1.29, 1.82) is 0 Å². The third-order valence-corrected chi connectivity index (χ3v) is 7.76. The summed E-state index contributed by atoms with van der Waals surface area (Å²) in [5.74, 6) is -2.11. The van der Waals surface area contributed by atoms with Gasteiger partial charge in [-0.25, -0.2) is 0 Å². The van der Waals surface area contributed by atoms with Crippen LogP contribution in [-0.2, 0) is 16.0 Å². The summed E-state index contributed by atoms with van der Waals surface area (Å²) < 4.78 is 0. The van der Waals surface area contributed by atoms with E-state index in [-0.39, 0.29) is 24.7 Å². The van der Waals surface area contributed by atoms with Crippen LogP contribution >= 0.6 is 11.6 Å². The highest BCUT2D eigenvalue weighted by Crippen LogP contribution is 2.49. The molecule has 6 nitrogen and oxygen atoms in total. The molecule has 4 N–H and O–H groups in total. The average Bonchev–Trinajstić information content (AvgIpc) is 2.73. The zero-order valence-corrected chi connectivity index (χ0v) is 19.2. The number of aromatic nitrogens is 1. The predicted octanol–water partition coefficient (Wildman–Crippen LogP) is 5.43. The number of rotatable bonds is 7. The number of nitrogen functional groups attached to an aromatic ring is 1. The normalized spacial score (nSPS) is 21.0. The minimum Gasteiger partial charge on any atom is -0.480 e. The summed E-state index contributed by atoms with van der Waals surface area (Å²) in [6, 6.07) is 5.58. The Labute approximate surface area is 192 Å². The van der Waals surface area contributed by atoms with Crippen molar-refractivity contribution in [1.82, 2.24) is 4.98 Å². The van der Waals surface area contributed by atoms with Crippen molar-refractivity contribution in [3.63, 3.8) is 0 Å². The second kappa shape index (κ2) is 8.39. The maximum atomic E-state index is 11.9. The number of aliphatic carboxylic acids is 2. The molecule has 7 heteroatoms. The zero-order chi connectivity index (χ0) is 23.2. The van der Waals surface area contributed by atoms with Gasteiger partial charge in [0.05, 0.1) is 5.52 Å². The molecule has 170 valence electrons. The van der Waals surface area contributed by atoms with Gasteiger partial charge in [0.25, 0.3) is 0 Å². The van der Waals surface area contributed by atoms with Gasteiger partial charge < -0.3 is 15.9 Å². The number of hydrogen-bond acceptors (Lipinski definition) is 4. The topological polar surface area (TPSA) is 114 Å². The zero-order valence-electron chi connectivity index (χ0n) is 18.4. The van der Waals surface area contributed by atoms with Crippen molar-refractivity contribution in [3.05, 3.63) is 46.1 Å². The number of anilines is 1. The Kier molecular flexibility index (Phi) is 5.93. The highest BCUT2D eigenvalue weighted by Gasteiger charge is 2.47. The third kappa shape index (κ3) is 3.64. The van der Waals surface area contributed by atoms with E-state index in [1.165, 1.54) is 0 Å². The van der Waals surface area contributed by atoms with Gasteiger partial charge in [-0.3, -0.25) is 14.6 Å². The lowest BCUT2D eigenvalue weighted by Crippen LogP contribution is -2.41. The fraction of sp³-hybridized carbons (Fsp3) is 0.480. The van der Waals surface area contributed by atoms with Gasteiger partial charge in [0.2, 0.25) is 0 Å². The molecular weight excluding hydrogens is 428 g/mol. The molecule has 1 heterocycles. The monoisotopic (exact) mass is 456 g/mol. The number of allylic oxidation sites excluding steroid dienone is 2. The Morgan fingerprint density at radius 1 is 1.25 bits per heavy atom. The molecule has 1 aromatic heterocycles. The maximum absolute atomic E-state index is 11.9. The number of nitrogens with zero attached hydrogens (tertiary/aromatic N) is 1. The molecule has 0 spiro atoms. The molecule has 2 aliphatic rings. The van der Waals surface area contributed by atoms with E-state index >= 15 is 0 Å². The third-order valence-electron chi connectivity index (χ3n) is 7.52. The lowest BCUT2D eigenvalue weighted by Gasteiger charge is -2.39. The number of pyridine rings is 1. The first-order valence-electron chi connectivity index (χ1n) is 11.2. The Morgan fingerprint density at radius 3 is 2.59 bits per heavy atom. The number of benzene rings is 1. The molecule has 4 rings (SSSR count). The number of fused-ring (bicyclic) bond motifs is 5. The molecule has 32 heavy (non-hydrogen) atoms. The molecule has 3 unspecified atom stereocenters. The summed E-state index contributed by atoms with van der Waals surface area (Å²) in [4.78, 5) is 28.8. The SMILES string of the molecule is CCC(CC(CC)(C(=O)O)C(=O)O)C1=CC2Cc3nc4cc(Cl)ccc4c(N)c3C(C1)C2. The van der Waals surface area contributed by atoms with E-state index in [2.05, 4.69) is 6.08 Å². The van der Waals surface area contributed by atoms with E-state index in [1.54, 1.807) is 6.92 Å². The van der Waals surface area contributed by atoms with E-state index < -0.39 is 17.4 Å². The van der Waals surface area contributed by atoms with Crippen LogP contribution in [0.15, 0.2) is 29.8 Å². The summed E-state index contributed by atoms with van der Waals surface area (Å²) in [5.41, 5.74) is 9.69. The lowest BCUT2D eigenvalue weighted by atomic mass is 9.66. The molecule has 2 bridgehead atoms. The Balaban J connectivity index is 1.69. The highest BCUT2D eigenvalue weighted by atomic mass is 35.5. The number of halogens is 1. The van der Waals surface area contributed by atoms with E-state index in [9.17, 15) is 19.8 Å². The fourth-order valence-electron chi connectivity index (χ4n) is 5.70. The van der Waals surface area contributed by atoms with Crippen LogP contribution < -0.4 is 5.73 Å². The quantitative estimate of drug-likeness (QED) is 0.378. The minimum atomic E-state index is -1.76. The summed E-state index contributed by atoms with van der Waals surface area (Å²) in [7, 11) is 0. The van der Waals surface area contributed by atoms with Crippen LogP contribution in [0.4, 0.5) is 5.69 Å². The summed E-state index contributed by atoms with van der Waals surface area (Å²) in [5, 5.41) is 21.0. The van der Waals surface area contributed by atoms with Gasteiger partial charge in [-0.15, -0.1) is 0 Å². The first-order chi connectivity index (χ1) is 15.2. The van der Waals surface area contributed by atoms with Crippen LogP contribution in [0, 0.1) is 17.3 Å². The average molecular weight is 457 g/mol. The molecule has 0 saturated carbocycles. The molecule has 0 saturated heterocycles. The van der Waals surface area contributed by atoms with Gasteiger partial charge in [0.15, 0.2) is 5.41 Å². The van der Waals surface area contributed by atoms with Crippen LogP contribution in [0.25, 0.3) is 10.9 Å². The summed E-state index contributed by atoms with van der Waals surface area (Å²) >= 11 is 6.16. The van der Waals surface area contributed by atoms with Crippen molar-refractivity contribution in [2.24, 2.45) is 17.3 Å². The molecule has 2 aromatic rings. The fourth-order valence-corrected chi connectivity index (χ4v) is 5.87. The van der Waals surface area contributed by atoms with E-state index in [4.69, 9.17) is 22.3 Å². The Morgan fingerprint density at radius 2 is 1.97 bits per heavy atom. The Hall–Kier alpha value is -2.60. The molecule has 1 aromatic carbocycles. The Bertz CT molecular complexity index is 1110. The van der Waals surface area contributed by atoms with Crippen molar-refractivity contribution >= 4 is 40.1 Å². The number of hydrogen-bond donors (Lipinski definition) is 3. The van der Waals surface area contributed by atoms with E-state index in [1.807, 2.05) is 25.1 Å². The second-order valence-electron chi connectivity index (χ2n) is 9.25. The highest BCUT2D eigenvalue weighted by molar-refractivity contribution is 6.31. The van der Waals surface area contributed by atoms with Gasteiger partial charge in [0, 0.05) is 27.4 Å². The lowest BCUT2D eigenvalue weighted by molar-refractivity contribution is -0.166. The van der Waals surface area contributed by atoms with E-state index in [0.29, 0.717) is 17.4 Å². The largest absolute Gasteiger partial charge is 0.480 e. The summed E-state index contributed by atoms with van der Waals surface area (Å²) in [6.45, 7) is 3.64. The molecule has 0 aliphatic heterocycles. The molecular formula is C25H29ClN2O4. The van der Waals surface area contributed by atoms with Crippen LogP contribution in [0.5, 0.6) is 0 Å². The predicted molar refractivity (Wildman–Crippen MR) is 125 cm³/mol.